The van der Waals surface area contributed by atoms with E-state index in [-0.39, 0.29) is 11.3 Å². The summed E-state index contributed by atoms with van der Waals surface area (Å²) in [6, 6.07) is 15.0. The summed E-state index contributed by atoms with van der Waals surface area (Å²) in [5, 5.41) is 3.37. The Labute approximate surface area is 160 Å². The average molecular weight is 376 g/mol. The highest BCUT2D eigenvalue weighted by Gasteiger charge is 2.15. The highest BCUT2D eigenvalue weighted by atomic mass is 35.5. The van der Waals surface area contributed by atoms with Crippen molar-refractivity contribution in [1.82, 2.24) is 5.32 Å². The molecule has 0 saturated heterocycles. The fourth-order valence-corrected chi connectivity index (χ4v) is 2.52. The second-order valence-electron chi connectivity index (χ2n) is 7.13. The lowest BCUT2D eigenvalue weighted by Gasteiger charge is -2.19. The summed E-state index contributed by atoms with van der Waals surface area (Å²) < 4.78 is 11.2. The second-order valence-corrected chi connectivity index (χ2v) is 7.57. The van der Waals surface area contributed by atoms with E-state index in [1.165, 1.54) is 5.56 Å². The van der Waals surface area contributed by atoms with Gasteiger partial charge >= 0.3 is 0 Å². The molecule has 1 amide bonds. The van der Waals surface area contributed by atoms with E-state index in [2.05, 4.69) is 38.2 Å². The van der Waals surface area contributed by atoms with E-state index in [1.54, 1.807) is 31.2 Å². The molecule has 2 aromatic carbocycles. The molecule has 1 unspecified atom stereocenters. The third-order valence-electron chi connectivity index (χ3n) is 3.87. The predicted octanol–water partition coefficient (Wildman–Crippen LogP) is 4.60. The van der Waals surface area contributed by atoms with E-state index >= 15 is 0 Å². The van der Waals surface area contributed by atoms with E-state index in [0.29, 0.717) is 23.9 Å². The Morgan fingerprint density at radius 1 is 1.12 bits per heavy atom. The number of carbonyl (C=O) groups is 1. The van der Waals surface area contributed by atoms with E-state index in [0.717, 1.165) is 5.75 Å². The van der Waals surface area contributed by atoms with E-state index in [9.17, 15) is 4.79 Å². The van der Waals surface area contributed by atoms with E-state index < -0.39 is 6.10 Å². The minimum Gasteiger partial charge on any atom is -0.492 e. The molecule has 4 nitrogen and oxygen atoms in total. The van der Waals surface area contributed by atoms with Crippen molar-refractivity contribution in [2.75, 3.05) is 13.2 Å². The Balaban J connectivity index is 1.72. The van der Waals surface area contributed by atoms with Crippen LogP contribution in [0, 0.1) is 0 Å². The van der Waals surface area contributed by atoms with Gasteiger partial charge in [-0.1, -0.05) is 50.6 Å². The first-order valence-corrected chi connectivity index (χ1v) is 9.07. The molecule has 0 aliphatic carbocycles. The molecule has 0 fully saturated rings. The molecule has 0 spiro atoms. The quantitative estimate of drug-likeness (QED) is 0.719. The maximum absolute atomic E-state index is 12.1. The summed E-state index contributed by atoms with van der Waals surface area (Å²) in [6.45, 7) is 9.01. The number of ether oxygens (including phenoxy) is 2. The number of hydrogen-bond acceptors (Lipinski definition) is 3. The number of hydrogen-bond donors (Lipinski definition) is 1. The van der Waals surface area contributed by atoms with Crippen molar-refractivity contribution in [1.29, 1.82) is 0 Å². The minimum atomic E-state index is -0.612. The number of carbonyl (C=O) groups excluding carboxylic acids is 1. The van der Waals surface area contributed by atoms with Gasteiger partial charge in [0.15, 0.2) is 6.10 Å². The van der Waals surface area contributed by atoms with Gasteiger partial charge in [-0.05, 0) is 48.2 Å². The zero-order valence-corrected chi connectivity index (χ0v) is 16.5. The number of amides is 1. The van der Waals surface area contributed by atoms with Crippen LogP contribution in [0.5, 0.6) is 11.5 Å². The molecule has 1 atom stereocenters. The van der Waals surface area contributed by atoms with Gasteiger partial charge in [-0.15, -0.1) is 0 Å². The van der Waals surface area contributed by atoms with E-state index in [4.69, 9.17) is 21.1 Å². The van der Waals surface area contributed by atoms with Gasteiger partial charge in [-0.2, -0.15) is 0 Å². The van der Waals surface area contributed by atoms with Gasteiger partial charge in [0.1, 0.15) is 18.1 Å². The molecular formula is C21H26ClNO3. The van der Waals surface area contributed by atoms with Crippen LogP contribution in [0.25, 0.3) is 0 Å². The molecule has 0 aromatic heterocycles. The van der Waals surface area contributed by atoms with Crippen LogP contribution in [0.2, 0.25) is 5.02 Å². The van der Waals surface area contributed by atoms with Crippen LogP contribution in [-0.2, 0) is 10.2 Å². The van der Waals surface area contributed by atoms with Gasteiger partial charge < -0.3 is 14.8 Å². The number of benzene rings is 2. The zero-order chi connectivity index (χ0) is 19.2. The molecule has 2 aromatic rings. The van der Waals surface area contributed by atoms with Crippen LogP contribution < -0.4 is 14.8 Å². The molecule has 1 N–H and O–H groups in total. The van der Waals surface area contributed by atoms with Gasteiger partial charge in [-0.3, -0.25) is 4.79 Å². The number of halogens is 1. The largest absolute Gasteiger partial charge is 0.492 e. The third-order valence-corrected chi connectivity index (χ3v) is 4.10. The van der Waals surface area contributed by atoms with Gasteiger partial charge in [0.25, 0.3) is 5.91 Å². The van der Waals surface area contributed by atoms with Crippen molar-refractivity contribution in [3.05, 3.63) is 59.1 Å². The lowest BCUT2D eigenvalue weighted by molar-refractivity contribution is -0.127. The first kappa shape index (κ1) is 20.1. The molecule has 2 rings (SSSR count). The summed E-state index contributed by atoms with van der Waals surface area (Å²) >= 11 is 5.91. The summed E-state index contributed by atoms with van der Waals surface area (Å²) in [4.78, 5) is 12.1. The molecule has 0 aliphatic heterocycles. The lowest BCUT2D eigenvalue weighted by Crippen LogP contribution is -2.38. The highest BCUT2D eigenvalue weighted by molar-refractivity contribution is 6.30. The standard InChI is InChI=1S/C21H26ClNO3/c1-15(26-19-7-5-6-17(22)14-19)20(24)23-12-13-25-18-10-8-16(9-11-18)21(2,3)4/h5-11,14-15H,12-13H2,1-4H3,(H,23,24). The first-order valence-electron chi connectivity index (χ1n) is 8.69. The fourth-order valence-electron chi connectivity index (χ4n) is 2.34. The number of rotatable bonds is 7. The second kappa shape index (κ2) is 8.95. The highest BCUT2D eigenvalue weighted by Crippen LogP contribution is 2.24. The molecule has 140 valence electrons. The van der Waals surface area contributed by atoms with Gasteiger partial charge in [0, 0.05) is 5.02 Å². The zero-order valence-electron chi connectivity index (χ0n) is 15.7. The Morgan fingerprint density at radius 3 is 2.42 bits per heavy atom. The van der Waals surface area contributed by atoms with Crippen LogP contribution in [0.3, 0.4) is 0 Å². The number of nitrogens with one attached hydrogen (secondary N) is 1. The first-order chi connectivity index (χ1) is 12.3. The van der Waals surface area contributed by atoms with Crippen molar-refractivity contribution in [3.8, 4) is 11.5 Å². The fraction of sp³-hybridized carbons (Fsp3) is 0.381. The monoisotopic (exact) mass is 375 g/mol. The molecule has 5 heteroatoms. The predicted molar refractivity (Wildman–Crippen MR) is 105 cm³/mol. The smallest absolute Gasteiger partial charge is 0.260 e. The summed E-state index contributed by atoms with van der Waals surface area (Å²) in [6.07, 6.45) is -0.612. The van der Waals surface area contributed by atoms with Crippen LogP contribution in [0.1, 0.15) is 33.3 Å². The molecule has 0 saturated carbocycles. The van der Waals surface area contributed by atoms with Crippen LogP contribution in [-0.4, -0.2) is 25.2 Å². The van der Waals surface area contributed by atoms with Gasteiger partial charge in [0.2, 0.25) is 0 Å². The van der Waals surface area contributed by atoms with Gasteiger partial charge in [0.05, 0.1) is 6.54 Å². The molecule has 26 heavy (non-hydrogen) atoms. The third kappa shape index (κ3) is 6.26. The van der Waals surface area contributed by atoms with Crippen molar-refractivity contribution >= 4 is 17.5 Å². The average Bonchev–Trinajstić information content (AvgIpc) is 2.58. The summed E-state index contributed by atoms with van der Waals surface area (Å²) in [7, 11) is 0. The lowest BCUT2D eigenvalue weighted by atomic mass is 9.87. The van der Waals surface area contributed by atoms with Crippen LogP contribution in [0.15, 0.2) is 48.5 Å². The summed E-state index contributed by atoms with van der Waals surface area (Å²) in [5.41, 5.74) is 1.37. The van der Waals surface area contributed by atoms with E-state index in [1.807, 2.05) is 12.1 Å². The molecule has 0 heterocycles. The molecule has 0 bridgehead atoms. The maximum Gasteiger partial charge on any atom is 0.260 e. The van der Waals surface area contributed by atoms with Crippen molar-refractivity contribution < 1.29 is 14.3 Å². The summed E-state index contributed by atoms with van der Waals surface area (Å²) in [5.74, 6) is 1.16. The van der Waals surface area contributed by atoms with Crippen LogP contribution >= 0.6 is 11.6 Å². The topological polar surface area (TPSA) is 47.6 Å². The van der Waals surface area contributed by atoms with Crippen molar-refractivity contribution in [2.45, 2.75) is 39.2 Å². The van der Waals surface area contributed by atoms with Crippen molar-refractivity contribution in [2.24, 2.45) is 0 Å². The Bertz CT molecular complexity index is 723. The SMILES string of the molecule is CC(Oc1cccc(Cl)c1)C(=O)NCCOc1ccc(C(C)(C)C)cc1. The van der Waals surface area contributed by atoms with Crippen LogP contribution in [0.4, 0.5) is 0 Å². The Morgan fingerprint density at radius 2 is 1.81 bits per heavy atom. The Kier molecular flexibility index (Phi) is 6.92. The minimum absolute atomic E-state index is 0.117. The van der Waals surface area contributed by atoms with Crippen molar-refractivity contribution in [3.63, 3.8) is 0 Å². The normalized spacial score (nSPS) is 12.3. The van der Waals surface area contributed by atoms with Gasteiger partial charge in [-0.25, -0.2) is 0 Å². The molecular weight excluding hydrogens is 350 g/mol. The maximum atomic E-state index is 12.1. The Hall–Kier alpha value is -2.20. The molecule has 0 aliphatic rings. The molecule has 0 radical (unpaired) electrons.